The van der Waals surface area contributed by atoms with Gasteiger partial charge < -0.3 is 5.32 Å². The second-order valence-corrected chi connectivity index (χ2v) is 5.71. The first-order chi connectivity index (χ1) is 12.2. The number of benzene rings is 2. The highest BCUT2D eigenvalue weighted by atomic mass is 35.5. The summed E-state index contributed by atoms with van der Waals surface area (Å²) in [5, 5.41) is 15.7. The highest BCUT2D eigenvalue weighted by Crippen LogP contribution is 2.24. The van der Waals surface area contributed by atoms with Crippen LogP contribution in [0.3, 0.4) is 0 Å². The SMILES string of the molecule is O=C(Nc1cc(Cl)nn2c(-c3ccccc3)nnc12)c1ccccc1. The van der Waals surface area contributed by atoms with Crippen molar-refractivity contribution in [1.82, 2.24) is 19.8 Å². The molecule has 122 valence electrons. The number of carbonyl (C=O) groups excluding carboxylic acids is 1. The molecule has 0 bridgehead atoms. The standard InChI is InChI=1S/C18H12ClN5O/c19-15-11-14(20-18(25)13-9-5-2-6-10-13)17-22-21-16(24(17)23-15)12-7-3-1-4-8-12/h1-11H,(H,20,25). The summed E-state index contributed by atoms with van der Waals surface area (Å²) in [6, 6.07) is 20.0. The Labute approximate surface area is 148 Å². The van der Waals surface area contributed by atoms with Gasteiger partial charge in [0.25, 0.3) is 5.91 Å². The first-order valence-corrected chi connectivity index (χ1v) is 7.94. The number of halogens is 1. The molecule has 1 amide bonds. The Kier molecular flexibility index (Phi) is 3.87. The number of hydrogen-bond donors (Lipinski definition) is 1. The number of rotatable bonds is 3. The first kappa shape index (κ1) is 15.3. The minimum Gasteiger partial charge on any atom is -0.319 e. The van der Waals surface area contributed by atoms with Crippen LogP contribution in [-0.2, 0) is 0 Å². The van der Waals surface area contributed by atoms with E-state index in [0.29, 0.717) is 22.7 Å². The Morgan fingerprint density at radius 1 is 0.960 bits per heavy atom. The van der Waals surface area contributed by atoms with Gasteiger partial charge in [0.2, 0.25) is 5.65 Å². The van der Waals surface area contributed by atoms with E-state index in [9.17, 15) is 4.79 Å². The monoisotopic (exact) mass is 349 g/mol. The molecule has 0 atom stereocenters. The lowest BCUT2D eigenvalue weighted by Crippen LogP contribution is -2.13. The van der Waals surface area contributed by atoms with E-state index in [2.05, 4.69) is 20.6 Å². The van der Waals surface area contributed by atoms with Crippen LogP contribution >= 0.6 is 11.6 Å². The van der Waals surface area contributed by atoms with Crippen LogP contribution in [0, 0.1) is 0 Å². The number of fused-ring (bicyclic) bond motifs is 1. The number of hydrogen-bond acceptors (Lipinski definition) is 4. The molecule has 0 radical (unpaired) electrons. The van der Waals surface area contributed by atoms with E-state index in [-0.39, 0.29) is 11.1 Å². The molecule has 2 aromatic heterocycles. The molecule has 6 nitrogen and oxygen atoms in total. The largest absolute Gasteiger partial charge is 0.319 e. The van der Waals surface area contributed by atoms with E-state index in [4.69, 9.17) is 11.6 Å². The molecule has 0 aliphatic carbocycles. The molecule has 25 heavy (non-hydrogen) atoms. The number of aromatic nitrogens is 4. The van der Waals surface area contributed by atoms with Crippen LogP contribution in [-0.4, -0.2) is 25.7 Å². The molecule has 2 aromatic carbocycles. The summed E-state index contributed by atoms with van der Waals surface area (Å²) < 4.78 is 1.53. The fraction of sp³-hybridized carbons (Fsp3) is 0. The number of amides is 1. The maximum Gasteiger partial charge on any atom is 0.255 e. The number of nitrogens with zero attached hydrogens (tertiary/aromatic N) is 4. The summed E-state index contributed by atoms with van der Waals surface area (Å²) in [5.41, 5.74) is 2.26. The van der Waals surface area contributed by atoms with E-state index >= 15 is 0 Å². The minimum absolute atomic E-state index is 0.229. The van der Waals surface area contributed by atoms with Crippen molar-refractivity contribution in [3.8, 4) is 11.4 Å². The highest BCUT2D eigenvalue weighted by Gasteiger charge is 2.16. The van der Waals surface area contributed by atoms with Gasteiger partial charge in [-0.3, -0.25) is 4.79 Å². The molecule has 1 N–H and O–H groups in total. The average molecular weight is 350 g/mol. The van der Waals surface area contributed by atoms with Crippen molar-refractivity contribution in [2.24, 2.45) is 0 Å². The van der Waals surface area contributed by atoms with E-state index in [1.54, 1.807) is 30.3 Å². The van der Waals surface area contributed by atoms with Crippen molar-refractivity contribution >= 4 is 28.8 Å². The molecule has 0 aliphatic heterocycles. The van der Waals surface area contributed by atoms with Gasteiger partial charge in [0.05, 0.1) is 5.69 Å². The van der Waals surface area contributed by atoms with Gasteiger partial charge in [-0.25, -0.2) is 0 Å². The zero-order valence-corrected chi connectivity index (χ0v) is 13.7. The molecule has 0 spiro atoms. The molecule has 0 saturated heterocycles. The highest BCUT2D eigenvalue weighted by molar-refractivity contribution is 6.29. The van der Waals surface area contributed by atoms with Crippen molar-refractivity contribution in [3.63, 3.8) is 0 Å². The summed E-state index contributed by atoms with van der Waals surface area (Å²) in [6.45, 7) is 0. The number of anilines is 1. The number of carbonyl (C=O) groups is 1. The first-order valence-electron chi connectivity index (χ1n) is 7.56. The molecular formula is C18H12ClN5O. The third kappa shape index (κ3) is 2.95. The van der Waals surface area contributed by atoms with Crippen molar-refractivity contribution in [1.29, 1.82) is 0 Å². The van der Waals surface area contributed by atoms with E-state index in [1.165, 1.54) is 4.52 Å². The van der Waals surface area contributed by atoms with Crippen LogP contribution < -0.4 is 5.32 Å². The molecule has 0 saturated carbocycles. The Hall–Kier alpha value is -3.25. The maximum absolute atomic E-state index is 12.4. The topological polar surface area (TPSA) is 72.2 Å². The Morgan fingerprint density at radius 2 is 1.64 bits per heavy atom. The molecular weight excluding hydrogens is 338 g/mol. The van der Waals surface area contributed by atoms with Gasteiger partial charge in [-0.1, -0.05) is 60.1 Å². The van der Waals surface area contributed by atoms with Gasteiger partial charge in [0.15, 0.2) is 11.0 Å². The Bertz CT molecular complexity index is 1050. The average Bonchev–Trinajstić information content (AvgIpc) is 3.07. The van der Waals surface area contributed by atoms with Crippen LogP contribution in [0.1, 0.15) is 10.4 Å². The van der Waals surface area contributed by atoms with E-state index < -0.39 is 0 Å². The number of nitrogens with one attached hydrogen (secondary N) is 1. The molecule has 2 heterocycles. The molecule has 7 heteroatoms. The minimum atomic E-state index is -0.256. The van der Waals surface area contributed by atoms with Gasteiger partial charge >= 0.3 is 0 Å². The second-order valence-electron chi connectivity index (χ2n) is 5.33. The van der Waals surface area contributed by atoms with E-state index in [0.717, 1.165) is 5.56 Å². The van der Waals surface area contributed by atoms with Crippen LogP contribution in [0.4, 0.5) is 5.69 Å². The fourth-order valence-corrected chi connectivity index (χ4v) is 2.68. The van der Waals surface area contributed by atoms with Crippen LogP contribution in [0.25, 0.3) is 17.0 Å². The van der Waals surface area contributed by atoms with Gasteiger partial charge in [-0.15, -0.1) is 10.2 Å². The Balaban J connectivity index is 1.78. The normalized spacial score (nSPS) is 10.8. The lowest BCUT2D eigenvalue weighted by atomic mass is 10.2. The second kappa shape index (κ2) is 6.33. The Morgan fingerprint density at radius 3 is 2.36 bits per heavy atom. The smallest absolute Gasteiger partial charge is 0.255 e. The summed E-state index contributed by atoms with van der Waals surface area (Å²) in [5.74, 6) is 0.294. The molecule has 0 aliphatic rings. The lowest BCUT2D eigenvalue weighted by molar-refractivity contribution is 0.102. The predicted molar refractivity (Wildman–Crippen MR) is 95.6 cm³/mol. The van der Waals surface area contributed by atoms with Crippen molar-refractivity contribution in [3.05, 3.63) is 77.4 Å². The summed E-state index contributed by atoms with van der Waals surface area (Å²) in [7, 11) is 0. The molecule has 0 unspecified atom stereocenters. The van der Waals surface area contributed by atoms with Gasteiger partial charge in [-0.2, -0.15) is 9.61 Å². The third-order valence-corrected chi connectivity index (χ3v) is 3.84. The molecule has 0 fully saturated rings. The zero-order valence-electron chi connectivity index (χ0n) is 12.9. The van der Waals surface area contributed by atoms with Crippen molar-refractivity contribution < 1.29 is 4.79 Å². The lowest BCUT2D eigenvalue weighted by Gasteiger charge is -2.07. The third-order valence-electron chi connectivity index (χ3n) is 3.66. The fourth-order valence-electron chi connectivity index (χ4n) is 2.49. The van der Waals surface area contributed by atoms with Crippen LogP contribution in [0.2, 0.25) is 5.15 Å². The van der Waals surface area contributed by atoms with Crippen molar-refractivity contribution in [2.45, 2.75) is 0 Å². The van der Waals surface area contributed by atoms with Gasteiger partial charge in [0.1, 0.15) is 0 Å². The maximum atomic E-state index is 12.4. The summed E-state index contributed by atoms with van der Waals surface area (Å²) in [6.07, 6.45) is 0. The van der Waals surface area contributed by atoms with E-state index in [1.807, 2.05) is 36.4 Å². The summed E-state index contributed by atoms with van der Waals surface area (Å²) >= 11 is 6.13. The van der Waals surface area contributed by atoms with Crippen molar-refractivity contribution in [2.75, 3.05) is 5.32 Å². The quantitative estimate of drug-likeness (QED) is 0.612. The molecule has 4 aromatic rings. The molecule has 4 rings (SSSR count). The van der Waals surface area contributed by atoms with Gasteiger partial charge in [-0.05, 0) is 12.1 Å². The predicted octanol–water partition coefficient (Wildman–Crippen LogP) is 3.70. The van der Waals surface area contributed by atoms with Crippen LogP contribution in [0.5, 0.6) is 0 Å². The van der Waals surface area contributed by atoms with Crippen LogP contribution in [0.15, 0.2) is 66.7 Å². The summed E-state index contributed by atoms with van der Waals surface area (Å²) in [4.78, 5) is 12.4. The van der Waals surface area contributed by atoms with Gasteiger partial charge in [0, 0.05) is 17.2 Å². The zero-order chi connectivity index (χ0) is 17.2.